The number of aromatic nitrogens is 4. The number of rotatable bonds is 22. The maximum atomic E-state index is 14.4. The molecule has 77 heavy (non-hydrogen) atoms. The van der Waals surface area contributed by atoms with Gasteiger partial charge in [0.15, 0.2) is 5.82 Å². The molecule has 0 saturated carbocycles. The molecule has 406 valence electrons. The molecule has 0 spiro atoms. The molecular formula is C57H63ClFN6O10PS. The molecule has 1 amide bonds. The van der Waals surface area contributed by atoms with Crippen LogP contribution < -0.4 is 14.2 Å². The summed E-state index contributed by atoms with van der Waals surface area (Å²) < 4.78 is 69.0. The van der Waals surface area contributed by atoms with Crippen LogP contribution in [-0.2, 0) is 47.1 Å². The molecule has 0 N–H and O–H groups in total. The summed E-state index contributed by atoms with van der Waals surface area (Å²) in [7, 11) is -3.28. The maximum absolute atomic E-state index is 14.4. The number of amides is 1. The van der Waals surface area contributed by atoms with E-state index in [2.05, 4.69) is 19.9 Å². The van der Waals surface area contributed by atoms with E-state index in [0.717, 1.165) is 27.1 Å². The van der Waals surface area contributed by atoms with Gasteiger partial charge in [-0.1, -0.05) is 72.3 Å². The molecule has 1 aliphatic heterocycles. The minimum atomic E-state index is -3.28. The average molecular weight is 1110 g/mol. The highest BCUT2D eigenvalue weighted by atomic mass is 35.5. The lowest BCUT2D eigenvalue weighted by Gasteiger charge is -2.35. The van der Waals surface area contributed by atoms with Crippen LogP contribution in [0.4, 0.5) is 9.18 Å². The number of piperazine rings is 1. The Balaban J connectivity index is 1.02. The number of carbonyl (C=O) groups excluding carboxylic acids is 2. The lowest BCUT2D eigenvalue weighted by molar-refractivity contribution is -0.151. The first-order valence-electron chi connectivity index (χ1n) is 25.5. The lowest BCUT2D eigenvalue weighted by atomic mass is 9.96. The second-order valence-electron chi connectivity index (χ2n) is 19.0. The van der Waals surface area contributed by atoms with Gasteiger partial charge in [-0.2, -0.15) is 0 Å². The van der Waals surface area contributed by atoms with Crippen LogP contribution in [0.5, 0.6) is 17.4 Å². The van der Waals surface area contributed by atoms with Gasteiger partial charge >= 0.3 is 19.7 Å². The number of thiophene rings is 1. The first-order chi connectivity index (χ1) is 37.0. The zero-order valence-electron chi connectivity index (χ0n) is 44.3. The zero-order valence-corrected chi connectivity index (χ0v) is 46.7. The second-order valence-corrected chi connectivity index (χ2v) is 22.4. The summed E-state index contributed by atoms with van der Waals surface area (Å²) in [6, 6.07) is 26.5. The highest BCUT2D eigenvalue weighted by Crippen LogP contribution is 2.52. The first kappa shape index (κ1) is 56.7. The van der Waals surface area contributed by atoms with Crippen molar-refractivity contribution in [1.29, 1.82) is 0 Å². The first-order valence-corrected chi connectivity index (χ1v) is 28.5. The highest BCUT2D eigenvalue weighted by molar-refractivity contribution is 7.53. The molecule has 0 radical (unpaired) electrons. The molecule has 20 heteroatoms. The fourth-order valence-electron chi connectivity index (χ4n) is 8.69. The van der Waals surface area contributed by atoms with Gasteiger partial charge in [0, 0.05) is 61.3 Å². The summed E-state index contributed by atoms with van der Waals surface area (Å²) in [6.45, 7) is 16.9. The van der Waals surface area contributed by atoms with E-state index < -0.39 is 25.3 Å². The van der Waals surface area contributed by atoms with Crippen molar-refractivity contribution < 1.29 is 51.3 Å². The Kier molecular flexibility index (Phi) is 18.9. The maximum Gasteiger partial charge on any atom is 0.410 e. The van der Waals surface area contributed by atoms with E-state index in [0.29, 0.717) is 94.3 Å². The Bertz CT molecular complexity index is 3200. The Morgan fingerprint density at radius 1 is 0.831 bits per heavy atom. The van der Waals surface area contributed by atoms with Gasteiger partial charge in [0.05, 0.1) is 42.1 Å². The Morgan fingerprint density at radius 2 is 1.55 bits per heavy atom. The quantitative estimate of drug-likeness (QED) is 0.0463. The number of esters is 1. The molecule has 1 aliphatic rings. The fourth-order valence-corrected chi connectivity index (χ4v) is 11.8. The Labute approximate surface area is 457 Å². The molecule has 0 unspecified atom stereocenters. The van der Waals surface area contributed by atoms with Gasteiger partial charge in [0.25, 0.3) is 0 Å². The van der Waals surface area contributed by atoms with Gasteiger partial charge < -0.3 is 37.6 Å². The molecule has 1 saturated heterocycles. The van der Waals surface area contributed by atoms with Crippen molar-refractivity contribution in [2.45, 2.75) is 79.4 Å². The van der Waals surface area contributed by atoms with Gasteiger partial charge in [-0.3, -0.25) is 9.46 Å². The van der Waals surface area contributed by atoms with Crippen molar-refractivity contribution >= 4 is 52.8 Å². The predicted octanol–water partition coefficient (Wildman–Crippen LogP) is 12.4. The monoisotopic (exact) mass is 1110 g/mol. The summed E-state index contributed by atoms with van der Waals surface area (Å²) in [5.41, 5.74) is 5.11. The predicted molar refractivity (Wildman–Crippen MR) is 295 cm³/mol. The molecule has 16 nitrogen and oxygen atoms in total. The van der Waals surface area contributed by atoms with Crippen molar-refractivity contribution in [1.82, 2.24) is 29.7 Å². The molecule has 4 heterocycles. The standard InChI is InChI=1S/C57H63ClFN6O10PS/c1-8-69-55(66)47(33-41-13-11-12-14-45(41)71-34-43-25-26-60-52(63-43)40-17-15-38(16-18-40)35-76(68,72-9-2)73-10-3)74-53-49-48(51(77-54(49)62-36-61-53)39-19-21-42(59)22-20-39)44-23-24-46(50(58)37(44)4)70-32-31-64-27-29-65(30-28-64)56(67)75-57(5,6)7/h11-26,36,47H,8-10,27-35H2,1-7H3/t47-/m1/s1. The minimum absolute atomic E-state index is 0.0437. The molecule has 1 fully saturated rings. The summed E-state index contributed by atoms with van der Waals surface area (Å²) >= 11 is 8.53. The second kappa shape index (κ2) is 25.7. The number of ether oxygens (including phenoxy) is 5. The van der Waals surface area contributed by atoms with Crippen LogP contribution in [0.25, 0.3) is 43.2 Å². The van der Waals surface area contributed by atoms with Crippen LogP contribution in [-0.4, -0.2) is 113 Å². The number of hydrogen-bond donors (Lipinski definition) is 0. The fraction of sp³-hybridized carbons (Fsp3) is 0.368. The smallest absolute Gasteiger partial charge is 0.410 e. The number of halogens is 2. The lowest BCUT2D eigenvalue weighted by Crippen LogP contribution is -2.50. The van der Waals surface area contributed by atoms with Crippen LogP contribution in [0.2, 0.25) is 5.02 Å². The molecular weight excluding hydrogens is 1050 g/mol. The largest absolute Gasteiger partial charge is 0.491 e. The molecule has 3 aromatic heterocycles. The summed E-state index contributed by atoms with van der Waals surface area (Å²) in [5, 5.41) is 0.929. The molecule has 4 aromatic carbocycles. The Hall–Kier alpha value is -6.53. The third-order valence-corrected chi connectivity index (χ3v) is 16.1. The molecule has 7 aromatic rings. The normalized spacial score (nSPS) is 13.6. The molecule has 0 bridgehead atoms. The van der Waals surface area contributed by atoms with Crippen molar-refractivity contribution in [2.75, 3.05) is 59.2 Å². The number of nitrogens with zero attached hydrogens (tertiary/aromatic N) is 6. The van der Waals surface area contributed by atoms with E-state index in [-0.39, 0.29) is 56.8 Å². The third kappa shape index (κ3) is 14.5. The van der Waals surface area contributed by atoms with Gasteiger partial charge in [-0.25, -0.2) is 33.9 Å². The van der Waals surface area contributed by atoms with Gasteiger partial charge in [-0.05, 0) is 107 Å². The van der Waals surface area contributed by atoms with Crippen LogP contribution in [0.1, 0.15) is 63.9 Å². The zero-order chi connectivity index (χ0) is 54.7. The average Bonchev–Trinajstić information content (AvgIpc) is 3.94. The summed E-state index contributed by atoms with van der Waals surface area (Å²) in [4.78, 5) is 50.4. The van der Waals surface area contributed by atoms with Crippen molar-refractivity contribution in [3.05, 3.63) is 137 Å². The van der Waals surface area contributed by atoms with Crippen LogP contribution >= 0.6 is 30.5 Å². The molecule has 1 atom stereocenters. The van der Waals surface area contributed by atoms with E-state index in [1.807, 2.05) is 88.4 Å². The van der Waals surface area contributed by atoms with Gasteiger partial charge in [-0.15, -0.1) is 11.3 Å². The van der Waals surface area contributed by atoms with E-state index in [4.69, 9.17) is 49.3 Å². The number of para-hydroxylation sites is 1. The van der Waals surface area contributed by atoms with E-state index >= 15 is 0 Å². The van der Waals surface area contributed by atoms with Crippen molar-refractivity contribution in [3.8, 4) is 50.3 Å². The van der Waals surface area contributed by atoms with E-state index in [9.17, 15) is 18.5 Å². The Morgan fingerprint density at radius 3 is 2.25 bits per heavy atom. The SMILES string of the molecule is CCOC(=O)[C@@H](Cc1ccccc1OCc1ccnc(-c2ccc(CP(=O)(OCC)OCC)cc2)n1)Oc1ncnc2sc(-c3ccc(F)cc3)c(-c3ccc(OCCN4CCN(C(=O)OC(C)(C)C)CC4)c(Cl)c3C)c12. The van der Waals surface area contributed by atoms with Gasteiger partial charge in [0.1, 0.15) is 47.3 Å². The summed E-state index contributed by atoms with van der Waals surface area (Å²) in [5.74, 6) is 0.610. The van der Waals surface area contributed by atoms with E-state index in [1.165, 1.54) is 29.8 Å². The van der Waals surface area contributed by atoms with Crippen LogP contribution in [0.15, 0.2) is 104 Å². The van der Waals surface area contributed by atoms with Crippen molar-refractivity contribution in [3.63, 3.8) is 0 Å². The number of fused-ring (bicyclic) bond motifs is 1. The van der Waals surface area contributed by atoms with Crippen LogP contribution in [0.3, 0.4) is 0 Å². The molecule has 0 aliphatic carbocycles. The highest BCUT2D eigenvalue weighted by Gasteiger charge is 2.31. The summed E-state index contributed by atoms with van der Waals surface area (Å²) in [6.07, 6.45) is 1.73. The number of carbonyl (C=O) groups is 2. The van der Waals surface area contributed by atoms with Gasteiger partial charge in [0.2, 0.25) is 12.0 Å². The number of hydrogen-bond acceptors (Lipinski definition) is 16. The third-order valence-electron chi connectivity index (χ3n) is 12.4. The van der Waals surface area contributed by atoms with E-state index in [1.54, 1.807) is 50.1 Å². The minimum Gasteiger partial charge on any atom is -0.491 e. The topological polar surface area (TPSA) is 174 Å². The molecule has 8 rings (SSSR count). The van der Waals surface area contributed by atoms with Crippen LogP contribution in [0, 0.1) is 12.7 Å². The number of benzene rings is 4. The van der Waals surface area contributed by atoms with Crippen molar-refractivity contribution in [2.24, 2.45) is 0 Å².